The summed E-state index contributed by atoms with van der Waals surface area (Å²) in [5.41, 5.74) is 0.465. The number of fused-ring (bicyclic) bond motifs is 3. The van der Waals surface area contributed by atoms with E-state index in [4.69, 9.17) is 24.2 Å². The predicted octanol–water partition coefficient (Wildman–Crippen LogP) is 6.20. The number of amides is 3. The van der Waals surface area contributed by atoms with Crippen molar-refractivity contribution in [2.45, 2.75) is 126 Å². The Morgan fingerprint density at radius 3 is 2.57 bits per heavy atom. The van der Waals surface area contributed by atoms with E-state index >= 15 is 0 Å². The molecule has 56 heavy (non-hydrogen) atoms. The average Bonchev–Trinajstić information content (AvgIpc) is 3.61. The molecule has 3 aliphatic carbocycles. The van der Waals surface area contributed by atoms with Crippen LogP contribution < -0.4 is 25.4 Å². The molecule has 8 rings (SSSR count). The Balaban J connectivity index is 1.09. The number of nitrogens with zero attached hydrogens (tertiary/aromatic N) is 3. The fraction of sp³-hybridized carbons (Fsp3) is 0.561. The quantitative estimate of drug-likeness (QED) is 0.182. The van der Waals surface area contributed by atoms with Gasteiger partial charge in [0.2, 0.25) is 11.8 Å². The van der Waals surface area contributed by atoms with Crippen molar-refractivity contribution in [1.82, 2.24) is 25.5 Å². The highest BCUT2D eigenvalue weighted by Gasteiger charge is 2.61. The van der Waals surface area contributed by atoms with Gasteiger partial charge in [-0.05, 0) is 82.8 Å². The van der Waals surface area contributed by atoms with Gasteiger partial charge in [0.05, 0.1) is 24.9 Å². The number of hydrogen-bond acceptors (Lipinski definition) is 11. The second-order valence-corrected chi connectivity index (χ2v) is 16.7. The third-order valence-corrected chi connectivity index (χ3v) is 12.7. The van der Waals surface area contributed by atoms with E-state index in [1.165, 1.54) is 22.7 Å². The summed E-state index contributed by atoms with van der Waals surface area (Å²) in [7, 11) is 1.59. The molecule has 15 heteroatoms. The number of carboxylic acids is 1. The highest BCUT2D eigenvalue weighted by Crippen LogP contribution is 2.45. The van der Waals surface area contributed by atoms with Crippen LogP contribution >= 0.6 is 11.3 Å². The summed E-state index contributed by atoms with van der Waals surface area (Å²) < 4.78 is 17.9. The van der Waals surface area contributed by atoms with Gasteiger partial charge in [-0.1, -0.05) is 25.0 Å². The number of alkyl carbamates (subject to hydrolysis) is 1. The Bertz CT molecular complexity index is 1990. The number of carbonyl (C=O) groups is 4. The van der Waals surface area contributed by atoms with Crippen molar-refractivity contribution in [2.24, 2.45) is 5.92 Å². The van der Waals surface area contributed by atoms with Crippen molar-refractivity contribution >= 4 is 51.2 Å². The highest BCUT2D eigenvalue weighted by molar-refractivity contribution is 7.14. The Morgan fingerprint density at radius 2 is 1.80 bits per heavy atom. The fourth-order valence-corrected chi connectivity index (χ4v) is 9.16. The molecule has 1 aromatic carbocycles. The lowest BCUT2D eigenvalue weighted by Crippen LogP contribution is -2.56. The smallest absolute Gasteiger partial charge is 0.408 e. The first kappa shape index (κ1) is 38.0. The van der Waals surface area contributed by atoms with Crippen LogP contribution in [0.25, 0.3) is 22.3 Å². The number of carboxylic acid groups (broad SMARTS) is 1. The number of nitrogens with one attached hydrogen (secondary N) is 3. The van der Waals surface area contributed by atoms with E-state index in [0.29, 0.717) is 52.7 Å². The maximum atomic E-state index is 14.6. The molecule has 4 heterocycles. The molecule has 4 fully saturated rings. The van der Waals surface area contributed by atoms with Crippen LogP contribution in [0.3, 0.4) is 0 Å². The number of benzene rings is 1. The van der Waals surface area contributed by atoms with Crippen LogP contribution in [0, 0.1) is 5.92 Å². The lowest BCUT2D eigenvalue weighted by Gasteiger charge is -2.29. The average molecular weight is 787 g/mol. The molecule has 0 radical (unpaired) electrons. The summed E-state index contributed by atoms with van der Waals surface area (Å²) >= 11 is 1.52. The summed E-state index contributed by atoms with van der Waals surface area (Å²) in [5.74, 6) is -1.33. The molecule has 3 amide bonds. The van der Waals surface area contributed by atoms with E-state index < -0.39 is 47.6 Å². The van der Waals surface area contributed by atoms with Crippen LogP contribution in [0.4, 0.5) is 9.93 Å². The largest absolute Gasteiger partial charge is 0.497 e. The van der Waals surface area contributed by atoms with Crippen molar-refractivity contribution in [3.05, 3.63) is 41.8 Å². The van der Waals surface area contributed by atoms with Crippen LogP contribution in [0.2, 0.25) is 0 Å². The molecular formula is C41H50N6O8S. The van der Waals surface area contributed by atoms with E-state index in [9.17, 15) is 24.3 Å². The van der Waals surface area contributed by atoms with E-state index in [1.54, 1.807) is 7.11 Å². The molecule has 5 atom stereocenters. The molecule has 0 spiro atoms. The predicted molar refractivity (Wildman–Crippen MR) is 210 cm³/mol. The monoisotopic (exact) mass is 786 g/mol. The first-order valence-corrected chi connectivity index (χ1v) is 20.9. The van der Waals surface area contributed by atoms with Crippen molar-refractivity contribution < 1.29 is 38.5 Å². The van der Waals surface area contributed by atoms with Gasteiger partial charge in [0.25, 0.3) is 0 Å². The molecule has 3 saturated carbocycles. The summed E-state index contributed by atoms with van der Waals surface area (Å²) in [6, 6.07) is 5.80. The molecule has 5 aliphatic rings. The Hall–Kier alpha value is -4.92. The van der Waals surface area contributed by atoms with Gasteiger partial charge >= 0.3 is 12.1 Å². The van der Waals surface area contributed by atoms with Crippen LogP contribution in [-0.2, 0) is 19.1 Å². The molecule has 4 N–H and O–H groups in total. The fourth-order valence-electron chi connectivity index (χ4n) is 8.38. The lowest BCUT2D eigenvalue weighted by atomic mass is 9.93. The summed E-state index contributed by atoms with van der Waals surface area (Å²) in [4.78, 5) is 65.7. The first-order chi connectivity index (χ1) is 27.2. The normalized spacial score (nSPS) is 27.8. The minimum atomic E-state index is -1.45. The van der Waals surface area contributed by atoms with Gasteiger partial charge < -0.3 is 40.2 Å². The SMILES string of the molecule is COc1ccc2c(O[C@@H]3CC4C(=O)N[C@]5(C(=O)O)C[C@@H]5/C=C\CCCCC[C@H](NC(=O)OC5CCCC5)C(=O)N4C3)cc(-c3csc(NC4CCC4)n3)nc2c1. The molecule has 2 aliphatic heterocycles. The molecule has 2 aromatic heterocycles. The van der Waals surface area contributed by atoms with Crippen LogP contribution in [-0.4, -0.2) is 93.4 Å². The standard InChI is InChI=1S/C41H50N6O8S/c1-53-27-16-17-29-31(18-27)43-32(33-23-56-39(44-33)42-25-11-9-12-25)20-35(29)54-28-19-34-36(48)46-41(38(50)51)21-24(41)10-5-3-2-4-6-15-30(37(49)47(34)22-28)45-40(52)55-26-13-7-8-14-26/h5,10,16-18,20,23-26,28,30,34H,2-4,6-9,11-15,19,21-22H2,1H3,(H,42,44)(H,45,52)(H,46,48)(H,50,51)/b10-5-/t24-,28+,30-,34?,41+/m0/s1. The Kier molecular flexibility index (Phi) is 11.0. The number of methoxy groups -OCH3 is 1. The van der Waals surface area contributed by atoms with Gasteiger partial charge in [0.1, 0.15) is 47.0 Å². The second-order valence-electron chi connectivity index (χ2n) is 15.8. The molecule has 1 unspecified atom stereocenters. The van der Waals surface area contributed by atoms with Gasteiger partial charge in [-0.3, -0.25) is 9.59 Å². The number of pyridine rings is 1. The third-order valence-electron chi connectivity index (χ3n) is 12.0. The van der Waals surface area contributed by atoms with Gasteiger partial charge in [-0.2, -0.15) is 0 Å². The second kappa shape index (κ2) is 16.3. The number of anilines is 1. The highest BCUT2D eigenvalue weighted by atomic mass is 32.1. The molecular weight excluding hydrogens is 737 g/mol. The topological polar surface area (TPSA) is 181 Å². The zero-order valence-corrected chi connectivity index (χ0v) is 32.5. The van der Waals surface area contributed by atoms with Crippen LogP contribution in [0.5, 0.6) is 11.5 Å². The third kappa shape index (κ3) is 8.14. The van der Waals surface area contributed by atoms with Crippen LogP contribution in [0.15, 0.2) is 41.8 Å². The molecule has 0 bridgehead atoms. The van der Waals surface area contributed by atoms with Gasteiger partial charge in [-0.15, -0.1) is 11.3 Å². The van der Waals surface area contributed by atoms with E-state index in [2.05, 4.69) is 16.0 Å². The maximum absolute atomic E-state index is 14.6. The molecule has 14 nitrogen and oxygen atoms in total. The Morgan fingerprint density at radius 1 is 0.982 bits per heavy atom. The maximum Gasteiger partial charge on any atom is 0.408 e. The van der Waals surface area contributed by atoms with E-state index in [1.807, 2.05) is 41.8 Å². The minimum Gasteiger partial charge on any atom is -0.497 e. The van der Waals surface area contributed by atoms with Gasteiger partial charge in [-0.25, -0.2) is 19.6 Å². The van der Waals surface area contributed by atoms with Gasteiger partial charge in [0.15, 0.2) is 5.13 Å². The summed E-state index contributed by atoms with van der Waals surface area (Å²) in [6.45, 7) is 0.0393. The molecule has 3 aromatic rings. The number of aromatic nitrogens is 2. The number of carbonyl (C=O) groups excluding carboxylic acids is 3. The summed E-state index contributed by atoms with van der Waals surface area (Å²) in [6.07, 6.45) is 13.2. The number of allylic oxidation sites excluding steroid dienone is 1. The van der Waals surface area contributed by atoms with Crippen LogP contribution in [0.1, 0.15) is 89.9 Å². The summed E-state index contributed by atoms with van der Waals surface area (Å²) in [5, 5.41) is 22.9. The number of aliphatic carboxylic acids is 1. The number of ether oxygens (including phenoxy) is 3. The molecule has 1 saturated heterocycles. The lowest BCUT2D eigenvalue weighted by molar-refractivity contribution is -0.145. The van der Waals surface area contributed by atoms with Crippen molar-refractivity contribution in [2.75, 3.05) is 19.0 Å². The number of rotatable bonds is 9. The van der Waals surface area contributed by atoms with E-state index in [0.717, 1.165) is 62.9 Å². The number of hydrogen-bond donors (Lipinski definition) is 4. The van der Waals surface area contributed by atoms with Crippen molar-refractivity contribution in [3.63, 3.8) is 0 Å². The van der Waals surface area contributed by atoms with Gasteiger partial charge in [0, 0.05) is 41.3 Å². The Labute approximate surface area is 329 Å². The first-order valence-electron chi connectivity index (χ1n) is 20.1. The van der Waals surface area contributed by atoms with Crippen molar-refractivity contribution in [1.29, 1.82) is 0 Å². The van der Waals surface area contributed by atoms with E-state index in [-0.39, 0.29) is 31.4 Å². The zero-order valence-electron chi connectivity index (χ0n) is 31.7. The van der Waals surface area contributed by atoms with Crippen molar-refractivity contribution in [3.8, 4) is 22.9 Å². The zero-order chi connectivity index (χ0) is 38.8. The minimum absolute atomic E-state index is 0.0393. The molecule has 298 valence electrons. The number of thiazole rings is 1.